The lowest BCUT2D eigenvalue weighted by atomic mass is 10.1. The highest BCUT2D eigenvalue weighted by Crippen LogP contribution is 2.53. The molecule has 3 fully saturated rings. The summed E-state index contributed by atoms with van der Waals surface area (Å²) in [4.78, 5) is 22.2. The van der Waals surface area contributed by atoms with Gasteiger partial charge < -0.3 is 14.2 Å². The maximum atomic E-state index is 13.2. The molecule has 0 N–H and O–H groups in total. The minimum absolute atomic E-state index is 0.00170. The number of nitrogens with zero attached hydrogens (tertiary/aromatic N) is 4. The first-order valence-electron chi connectivity index (χ1n) is 10.9. The van der Waals surface area contributed by atoms with Crippen molar-refractivity contribution in [3.05, 3.63) is 53.1 Å². The van der Waals surface area contributed by atoms with Crippen LogP contribution in [0.15, 0.2) is 36.8 Å². The molecule has 2 unspecified atom stereocenters. The molecule has 1 aromatic carbocycles. The second-order valence-electron chi connectivity index (χ2n) is 9.03. The summed E-state index contributed by atoms with van der Waals surface area (Å²) in [6.07, 6.45) is 5.79. The fourth-order valence-corrected chi connectivity index (χ4v) is 5.53. The molecule has 160 valence electrons. The molecule has 1 amide bonds. The molecule has 3 aliphatic rings. The molecule has 6 nitrogen and oxygen atoms in total. The van der Waals surface area contributed by atoms with Gasteiger partial charge in [0.05, 0.1) is 6.33 Å². The van der Waals surface area contributed by atoms with Crippen LogP contribution in [0.3, 0.4) is 0 Å². The molecule has 0 spiro atoms. The van der Waals surface area contributed by atoms with Crippen molar-refractivity contribution in [2.45, 2.75) is 25.4 Å². The Kier molecular flexibility index (Phi) is 5.56. The van der Waals surface area contributed by atoms with Crippen molar-refractivity contribution >= 4 is 17.5 Å². The number of aromatic nitrogens is 2. The summed E-state index contributed by atoms with van der Waals surface area (Å²) in [7, 11) is 1.89. The van der Waals surface area contributed by atoms with Gasteiger partial charge in [-0.1, -0.05) is 23.7 Å². The predicted octanol–water partition coefficient (Wildman–Crippen LogP) is 3.07. The fraction of sp³-hybridized carbons (Fsp3) is 0.565. The molecule has 5 rings (SSSR count). The molecular weight excluding hydrogens is 400 g/mol. The van der Waals surface area contributed by atoms with Crippen LogP contribution in [0.5, 0.6) is 0 Å². The Morgan fingerprint density at radius 3 is 2.70 bits per heavy atom. The molecule has 0 radical (unpaired) electrons. The second kappa shape index (κ2) is 8.33. The van der Waals surface area contributed by atoms with E-state index in [1.54, 1.807) is 12.5 Å². The minimum Gasteiger partial charge on any atom is -0.381 e. The highest BCUT2D eigenvalue weighted by atomic mass is 35.5. The number of fused-ring (bicyclic) bond motifs is 1. The highest BCUT2D eigenvalue weighted by molar-refractivity contribution is 6.30. The van der Waals surface area contributed by atoms with Crippen LogP contribution < -0.4 is 0 Å². The fourth-order valence-electron chi connectivity index (χ4n) is 5.32. The molecule has 7 heteroatoms. The summed E-state index contributed by atoms with van der Waals surface area (Å²) in [6.45, 7) is 5.48. The number of hydrogen-bond acceptors (Lipinski definition) is 4. The predicted molar refractivity (Wildman–Crippen MR) is 115 cm³/mol. The Labute approximate surface area is 182 Å². The summed E-state index contributed by atoms with van der Waals surface area (Å²) in [5.74, 6) is 2.02. The number of piperidine rings is 1. The third-order valence-electron chi connectivity index (χ3n) is 7.01. The van der Waals surface area contributed by atoms with Crippen LogP contribution in [0, 0.1) is 17.8 Å². The molecule has 2 atom stereocenters. The van der Waals surface area contributed by atoms with Gasteiger partial charge in [0.1, 0.15) is 5.69 Å². The van der Waals surface area contributed by atoms with Crippen molar-refractivity contribution < 1.29 is 9.53 Å². The first-order valence-corrected chi connectivity index (χ1v) is 11.3. The standard InChI is InChI=1S/C23H29ClN4O2/c1-26-14-22(25-15-26)23(29)28(10-16-3-2-4-17(24)9-16)13-21-19-11-27(12-20(19)21)18-5-7-30-8-6-18/h2-4,9,14-15,18-21H,5-8,10-13H2,1H3. The molecule has 1 aliphatic carbocycles. The lowest BCUT2D eigenvalue weighted by molar-refractivity contribution is 0.0358. The van der Waals surface area contributed by atoms with Gasteiger partial charge in [-0.15, -0.1) is 0 Å². The van der Waals surface area contributed by atoms with Crippen molar-refractivity contribution in [2.75, 3.05) is 32.8 Å². The number of ether oxygens (including phenoxy) is 1. The van der Waals surface area contributed by atoms with Gasteiger partial charge in [-0.05, 0) is 48.3 Å². The van der Waals surface area contributed by atoms with Crippen LogP contribution in [-0.2, 0) is 18.3 Å². The van der Waals surface area contributed by atoms with Gasteiger partial charge in [0.2, 0.25) is 0 Å². The molecule has 30 heavy (non-hydrogen) atoms. The lowest BCUT2D eigenvalue weighted by Gasteiger charge is -2.33. The Bertz CT molecular complexity index is 898. The molecule has 3 heterocycles. The van der Waals surface area contributed by atoms with Crippen LogP contribution in [0.1, 0.15) is 28.9 Å². The highest BCUT2D eigenvalue weighted by Gasteiger charge is 2.56. The summed E-state index contributed by atoms with van der Waals surface area (Å²) in [5, 5.41) is 0.702. The first kappa shape index (κ1) is 20.0. The quantitative estimate of drug-likeness (QED) is 0.709. The number of carbonyl (C=O) groups excluding carboxylic acids is 1. The summed E-state index contributed by atoms with van der Waals surface area (Å²) in [5.41, 5.74) is 1.57. The van der Waals surface area contributed by atoms with Crippen molar-refractivity contribution in [2.24, 2.45) is 24.8 Å². The summed E-state index contributed by atoms with van der Waals surface area (Å²) < 4.78 is 7.34. The van der Waals surface area contributed by atoms with E-state index < -0.39 is 0 Å². The van der Waals surface area contributed by atoms with Gasteiger partial charge in [0, 0.05) is 63.7 Å². The summed E-state index contributed by atoms with van der Waals surface area (Å²) in [6, 6.07) is 8.47. The van der Waals surface area contributed by atoms with Gasteiger partial charge in [-0.2, -0.15) is 0 Å². The molecule has 0 bridgehead atoms. The van der Waals surface area contributed by atoms with Gasteiger partial charge in [0.25, 0.3) is 5.91 Å². The van der Waals surface area contributed by atoms with Crippen molar-refractivity contribution in [3.8, 4) is 0 Å². The van der Waals surface area contributed by atoms with E-state index in [1.807, 2.05) is 40.8 Å². The monoisotopic (exact) mass is 428 g/mol. The van der Waals surface area contributed by atoms with Crippen LogP contribution in [0.25, 0.3) is 0 Å². The summed E-state index contributed by atoms with van der Waals surface area (Å²) >= 11 is 6.18. The number of imidazole rings is 1. The molecule has 2 aromatic rings. The Hall–Kier alpha value is -1.89. The minimum atomic E-state index is 0.00170. The van der Waals surface area contributed by atoms with Gasteiger partial charge in [0.15, 0.2) is 0 Å². The first-order chi connectivity index (χ1) is 14.6. The van der Waals surface area contributed by atoms with E-state index >= 15 is 0 Å². The molecule has 1 saturated carbocycles. The Morgan fingerprint density at radius 2 is 2.03 bits per heavy atom. The van der Waals surface area contributed by atoms with E-state index in [9.17, 15) is 4.79 Å². The van der Waals surface area contributed by atoms with Gasteiger partial charge >= 0.3 is 0 Å². The lowest BCUT2D eigenvalue weighted by Crippen LogP contribution is -2.41. The molecule has 2 aliphatic heterocycles. The zero-order chi connectivity index (χ0) is 20.7. The van der Waals surface area contributed by atoms with Crippen molar-refractivity contribution in [1.29, 1.82) is 0 Å². The maximum Gasteiger partial charge on any atom is 0.274 e. The third kappa shape index (κ3) is 4.13. The maximum absolute atomic E-state index is 13.2. The smallest absolute Gasteiger partial charge is 0.274 e. The number of likely N-dealkylation sites (tertiary alicyclic amines) is 1. The van der Waals surface area contributed by atoms with Crippen molar-refractivity contribution in [3.63, 3.8) is 0 Å². The number of carbonyl (C=O) groups is 1. The van der Waals surface area contributed by atoms with E-state index in [0.29, 0.717) is 41.1 Å². The number of amides is 1. The third-order valence-corrected chi connectivity index (χ3v) is 7.25. The average Bonchev–Trinajstić information content (AvgIpc) is 3.10. The Morgan fingerprint density at radius 1 is 1.27 bits per heavy atom. The number of hydrogen-bond donors (Lipinski definition) is 0. The van der Waals surface area contributed by atoms with Gasteiger partial charge in [-0.3, -0.25) is 9.69 Å². The SMILES string of the molecule is Cn1cnc(C(=O)N(Cc2cccc(Cl)c2)CC2C3CN(C4CCOCC4)CC23)c1. The Balaban J connectivity index is 1.26. The van der Waals surface area contributed by atoms with Crippen LogP contribution in [0.2, 0.25) is 5.02 Å². The van der Waals surface area contributed by atoms with Crippen molar-refractivity contribution in [1.82, 2.24) is 19.4 Å². The zero-order valence-electron chi connectivity index (χ0n) is 17.4. The van der Waals surface area contributed by atoms with Crippen LogP contribution >= 0.6 is 11.6 Å². The molecular formula is C23H29ClN4O2. The van der Waals surface area contributed by atoms with Crippen LogP contribution in [0.4, 0.5) is 0 Å². The number of aryl methyl sites for hydroxylation is 1. The van der Waals surface area contributed by atoms with E-state index in [1.165, 1.54) is 13.1 Å². The van der Waals surface area contributed by atoms with E-state index in [-0.39, 0.29) is 5.91 Å². The van der Waals surface area contributed by atoms with E-state index in [2.05, 4.69) is 9.88 Å². The molecule has 1 aromatic heterocycles. The molecule has 2 saturated heterocycles. The van der Waals surface area contributed by atoms with E-state index in [0.717, 1.165) is 38.2 Å². The second-order valence-corrected chi connectivity index (χ2v) is 9.47. The number of benzene rings is 1. The normalized spacial score (nSPS) is 26.5. The average molecular weight is 429 g/mol. The zero-order valence-corrected chi connectivity index (χ0v) is 18.2. The van der Waals surface area contributed by atoms with Crippen LogP contribution in [-0.4, -0.2) is 64.1 Å². The number of halogens is 1. The van der Waals surface area contributed by atoms with Gasteiger partial charge in [-0.25, -0.2) is 4.98 Å². The topological polar surface area (TPSA) is 50.6 Å². The van der Waals surface area contributed by atoms with E-state index in [4.69, 9.17) is 16.3 Å². The number of rotatable bonds is 6. The largest absolute Gasteiger partial charge is 0.381 e.